The highest BCUT2D eigenvalue weighted by atomic mass is 79.9. The van der Waals surface area contributed by atoms with E-state index < -0.39 is 5.41 Å². The van der Waals surface area contributed by atoms with Gasteiger partial charge in [-0.1, -0.05) is 34.1 Å². The van der Waals surface area contributed by atoms with E-state index in [1.165, 1.54) is 0 Å². The van der Waals surface area contributed by atoms with E-state index in [9.17, 15) is 9.59 Å². The summed E-state index contributed by atoms with van der Waals surface area (Å²) >= 11 is 3.51. The summed E-state index contributed by atoms with van der Waals surface area (Å²) in [5.74, 6) is 0.0740. The first kappa shape index (κ1) is 16.6. The molecule has 6 heteroatoms. The number of amides is 2. The highest BCUT2D eigenvalue weighted by Crippen LogP contribution is 2.46. The highest BCUT2D eigenvalue weighted by Gasteiger charge is 2.49. The van der Waals surface area contributed by atoms with E-state index in [0.29, 0.717) is 31.5 Å². The third kappa shape index (κ3) is 2.43. The number of hydrogen-bond acceptors (Lipinski definition) is 2. The molecule has 3 aromatic rings. The van der Waals surface area contributed by atoms with Crippen molar-refractivity contribution in [3.63, 3.8) is 0 Å². The third-order valence-electron chi connectivity index (χ3n) is 5.90. The number of aromatic amines is 1. The van der Waals surface area contributed by atoms with Crippen LogP contribution in [0.25, 0.3) is 10.9 Å². The molecule has 1 saturated heterocycles. The van der Waals surface area contributed by atoms with Crippen molar-refractivity contribution in [2.75, 3.05) is 18.4 Å². The lowest BCUT2D eigenvalue weighted by atomic mass is 9.73. The van der Waals surface area contributed by atoms with Crippen LogP contribution in [0.3, 0.4) is 0 Å². The van der Waals surface area contributed by atoms with Gasteiger partial charge in [0.2, 0.25) is 5.91 Å². The van der Waals surface area contributed by atoms with Gasteiger partial charge in [0.25, 0.3) is 5.91 Å². The molecule has 1 spiro atoms. The lowest BCUT2D eigenvalue weighted by Gasteiger charge is -2.38. The molecule has 2 aliphatic rings. The molecular formula is C21H18BrN3O2. The minimum Gasteiger partial charge on any atom is -0.360 e. The molecule has 0 bridgehead atoms. The minimum absolute atomic E-state index is 0.0233. The van der Waals surface area contributed by atoms with E-state index in [2.05, 4.69) is 26.2 Å². The van der Waals surface area contributed by atoms with Gasteiger partial charge < -0.3 is 15.2 Å². The van der Waals surface area contributed by atoms with Gasteiger partial charge in [-0.2, -0.15) is 0 Å². The Morgan fingerprint density at radius 2 is 1.89 bits per heavy atom. The van der Waals surface area contributed by atoms with Crippen LogP contribution in [0.15, 0.2) is 53.1 Å². The number of carbonyl (C=O) groups is 2. The van der Waals surface area contributed by atoms with Crippen LogP contribution in [0, 0.1) is 0 Å². The van der Waals surface area contributed by atoms with Crippen molar-refractivity contribution in [2.24, 2.45) is 0 Å². The number of carbonyl (C=O) groups excluding carboxylic acids is 2. The fourth-order valence-electron chi connectivity index (χ4n) is 4.39. The monoisotopic (exact) mass is 423 g/mol. The summed E-state index contributed by atoms with van der Waals surface area (Å²) in [6, 6.07) is 13.7. The number of benzene rings is 2. The molecule has 0 atom stereocenters. The van der Waals surface area contributed by atoms with Gasteiger partial charge in [-0.3, -0.25) is 9.59 Å². The SMILES string of the molecule is O=C(c1c[nH]c2ccccc12)N1CCC2(CC1)C(=O)Nc1ccc(Br)cc12. The number of H-pyrrole nitrogens is 1. The molecule has 0 saturated carbocycles. The van der Waals surface area contributed by atoms with Crippen LogP contribution in [0.4, 0.5) is 5.69 Å². The van der Waals surface area contributed by atoms with Crippen LogP contribution in [-0.4, -0.2) is 34.8 Å². The predicted octanol–water partition coefficient (Wildman–Crippen LogP) is 4.06. The Bertz CT molecular complexity index is 1080. The number of rotatable bonds is 1. The van der Waals surface area contributed by atoms with E-state index in [0.717, 1.165) is 26.6 Å². The molecule has 27 heavy (non-hydrogen) atoms. The van der Waals surface area contributed by atoms with Gasteiger partial charge in [0.1, 0.15) is 0 Å². The van der Waals surface area contributed by atoms with Crippen LogP contribution in [0.5, 0.6) is 0 Å². The van der Waals surface area contributed by atoms with E-state index in [4.69, 9.17) is 0 Å². The second-order valence-electron chi connectivity index (χ2n) is 7.27. The number of para-hydroxylation sites is 1. The number of anilines is 1. The molecular weight excluding hydrogens is 406 g/mol. The number of nitrogens with one attached hydrogen (secondary N) is 2. The minimum atomic E-state index is -0.532. The number of nitrogens with zero attached hydrogens (tertiary/aromatic N) is 1. The van der Waals surface area contributed by atoms with Crippen molar-refractivity contribution in [3.05, 3.63) is 64.3 Å². The maximum Gasteiger partial charge on any atom is 0.256 e. The van der Waals surface area contributed by atoms with Crippen molar-refractivity contribution in [3.8, 4) is 0 Å². The topological polar surface area (TPSA) is 65.2 Å². The number of aromatic nitrogens is 1. The van der Waals surface area contributed by atoms with Crippen molar-refractivity contribution in [2.45, 2.75) is 18.3 Å². The molecule has 2 aliphatic heterocycles. The van der Waals surface area contributed by atoms with Crippen LogP contribution < -0.4 is 5.32 Å². The number of hydrogen-bond donors (Lipinski definition) is 2. The van der Waals surface area contributed by atoms with Crippen LogP contribution in [0.1, 0.15) is 28.8 Å². The average molecular weight is 424 g/mol. The Morgan fingerprint density at radius 3 is 2.70 bits per heavy atom. The van der Waals surface area contributed by atoms with Crippen LogP contribution in [-0.2, 0) is 10.2 Å². The second kappa shape index (κ2) is 5.96. The Balaban J connectivity index is 1.42. The molecule has 2 N–H and O–H groups in total. The Morgan fingerprint density at radius 1 is 1.11 bits per heavy atom. The van der Waals surface area contributed by atoms with Crippen molar-refractivity contribution >= 4 is 44.3 Å². The first-order valence-electron chi connectivity index (χ1n) is 9.05. The first-order valence-corrected chi connectivity index (χ1v) is 9.85. The molecule has 0 aliphatic carbocycles. The smallest absolute Gasteiger partial charge is 0.256 e. The molecule has 1 aromatic heterocycles. The summed E-state index contributed by atoms with van der Waals surface area (Å²) in [7, 11) is 0. The number of halogens is 1. The molecule has 5 nitrogen and oxygen atoms in total. The number of piperidine rings is 1. The zero-order chi connectivity index (χ0) is 18.6. The summed E-state index contributed by atoms with van der Waals surface area (Å²) in [4.78, 5) is 30.9. The molecule has 5 rings (SSSR count). The molecule has 136 valence electrons. The van der Waals surface area contributed by atoms with E-state index in [-0.39, 0.29) is 11.8 Å². The summed E-state index contributed by atoms with van der Waals surface area (Å²) < 4.78 is 0.967. The van der Waals surface area contributed by atoms with Gasteiger partial charge >= 0.3 is 0 Å². The van der Waals surface area contributed by atoms with Gasteiger partial charge in [-0.15, -0.1) is 0 Å². The fourth-order valence-corrected chi connectivity index (χ4v) is 4.75. The maximum atomic E-state index is 13.1. The standard InChI is InChI=1S/C21H18BrN3O2/c22-13-5-6-18-16(11-13)21(20(27)24-18)7-9-25(10-8-21)19(26)15-12-23-17-4-2-1-3-14(15)17/h1-6,11-12,23H,7-10H2,(H,24,27). The maximum absolute atomic E-state index is 13.1. The Hall–Kier alpha value is -2.60. The van der Waals surface area contributed by atoms with E-state index in [1.54, 1.807) is 6.20 Å². The highest BCUT2D eigenvalue weighted by molar-refractivity contribution is 9.10. The quantitative estimate of drug-likeness (QED) is 0.619. The fraction of sp³-hybridized carbons (Fsp3) is 0.238. The van der Waals surface area contributed by atoms with Gasteiger partial charge in [0.15, 0.2) is 0 Å². The number of fused-ring (bicyclic) bond motifs is 3. The Labute approximate surface area is 164 Å². The van der Waals surface area contributed by atoms with Crippen molar-refractivity contribution in [1.29, 1.82) is 0 Å². The molecule has 2 amide bonds. The van der Waals surface area contributed by atoms with Crippen molar-refractivity contribution < 1.29 is 9.59 Å². The largest absolute Gasteiger partial charge is 0.360 e. The van der Waals surface area contributed by atoms with E-state index >= 15 is 0 Å². The third-order valence-corrected chi connectivity index (χ3v) is 6.40. The average Bonchev–Trinajstić information content (AvgIpc) is 3.22. The summed E-state index contributed by atoms with van der Waals surface area (Å²) in [5, 5.41) is 3.95. The molecule has 0 unspecified atom stereocenters. The Kier molecular flexibility index (Phi) is 3.65. The molecule has 0 radical (unpaired) electrons. The molecule has 1 fully saturated rings. The summed E-state index contributed by atoms with van der Waals surface area (Å²) in [6.07, 6.45) is 3.05. The summed E-state index contributed by atoms with van der Waals surface area (Å²) in [5.41, 5.74) is 3.06. The van der Waals surface area contributed by atoms with Gasteiger partial charge in [0.05, 0.1) is 11.0 Å². The van der Waals surface area contributed by atoms with E-state index in [1.807, 2.05) is 47.4 Å². The molecule has 2 aromatic carbocycles. The second-order valence-corrected chi connectivity index (χ2v) is 8.18. The summed E-state index contributed by atoms with van der Waals surface area (Å²) in [6.45, 7) is 1.13. The van der Waals surface area contributed by atoms with Crippen LogP contribution >= 0.6 is 15.9 Å². The van der Waals surface area contributed by atoms with Crippen molar-refractivity contribution in [1.82, 2.24) is 9.88 Å². The van der Waals surface area contributed by atoms with Gasteiger partial charge in [0, 0.05) is 40.3 Å². The number of likely N-dealkylation sites (tertiary alicyclic amines) is 1. The zero-order valence-electron chi connectivity index (χ0n) is 14.6. The van der Waals surface area contributed by atoms with Crippen LogP contribution in [0.2, 0.25) is 0 Å². The molecule has 3 heterocycles. The van der Waals surface area contributed by atoms with Gasteiger partial charge in [-0.05, 0) is 42.7 Å². The zero-order valence-corrected chi connectivity index (χ0v) is 16.2. The first-order chi connectivity index (χ1) is 13.1. The normalized spacial score (nSPS) is 18.0. The lowest BCUT2D eigenvalue weighted by molar-refractivity contribution is -0.122. The van der Waals surface area contributed by atoms with Gasteiger partial charge in [-0.25, -0.2) is 0 Å². The predicted molar refractivity (Wildman–Crippen MR) is 108 cm³/mol. The lowest BCUT2D eigenvalue weighted by Crippen LogP contribution is -2.48.